The highest BCUT2D eigenvalue weighted by Gasteiger charge is 2.29. The Morgan fingerprint density at radius 1 is 1.16 bits per heavy atom. The van der Waals surface area contributed by atoms with Crippen LogP contribution in [0.2, 0.25) is 5.02 Å². The number of hydrogen-bond donors (Lipinski definition) is 0. The van der Waals surface area contributed by atoms with Crippen molar-refractivity contribution in [2.24, 2.45) is 0 Å². The summed E-state index contributed by atoms with van der Waals surface area (Å²) in [5.41, 5.74) is 1.77. The summed E-state index contributed by atoms with van der Waals surface area (Å²) in [6.07, 6.45) is 3.14. The molecule has 0 bridgehead atoms. The molecule has 0 saturated carbocycles. The first-order valence-electron chi connectivity index (χ1n) is 9.49. The summed E-state index contributed by atoms with van der Waals surface area (Å²) in [4.78, 5) is 4.48. The van der Waals surface area contributed by atoms with E-state index in [2.05, 4.69) is 10.1 Å². The van der Waals surface area contributed by atoms with Crippen molar-refractivity contribution in [2.45, 2.75) is 31.8 Å². The van der Waals surface area contributed by atoms with Crippen LogP contribution in [0.25, 0.3) is 11.3 Å². The van der Waals surface area contributed by atoms with E-state index in [1.54, 1.807) is 49.0 Å². The molecule has 4 rings (SSSR count). The fourth-order valence-electron chi connectivity index (χ4n) is 3.33. The Kier molecular flexibility index (Phi) is 5.74. The van der Waals surface area contributed by atoms with Gasteiger partial charge in [-0.05, 0) is 50.2 Å². The Morgan fingerprint density at radius 2 is 1.90 bits per heavy atom. The molecule has 0 fully saturated rings. The molecular weight excluding hydrogens is 440 g/mol. The normalized spacial score (nSPS) is 12.0. The standard InChI is InChI=1S/C21H21ClN4O4S/c1-14-21(31(27,28)25(3)12-18-5-4-10-29-18)15(2)26(24-14)13-20-23-11-19(30-20)16-6-8-17(22)9-7-16/h4-11H,12-13H2,1-3H3. The third kappa shape index (κ3) is 4.30. The number of nitrogens with zero attached hydrogens (tertiary/aromatic N) is 4. The lowest BCUT2D eigenvalue weighted by atomic mass is 10.2. The fourth-order valence-corrected chi connectivity index (χ4v) is 4.96. The third-order valence-electron chi connectivity index (χ3n) is 4.91. The number of furan rings is 1. The minimum Gasteiger partial charge on any atom is -0.468 e. The second kappa shape index (κ2) is 8.33. The van der Waals surface area contributed by atoms with E-state index in [9.17, 15) is 8.42 Å². The van der Waals surface area contributed by atoms with E-state index in [4.69, 9.17) is 20.4 Å². The number of oxazole rings is 1. The minimum absolute atomic E-state index is 0.129. The van der Waals surface area contributed by atoms with Crippen molar-refractivity contribution < 1.29 is 17.3 Å². The molecule has 162 valence electrons. The average Bonchev–Trinajstić information content (AvgIpc) is 3.45. The Bertz CT molecular complexity index is 1290. The van der Waals surface area contributed by atoms with Gasteiger partial charge < -0.3 is 8.83 Å². The molecule has 1 aromatic carbocycles. The number of aromatic nitrogens is 3. The van der Waals surface area contributed by atoms with Crippen LogP contribution in [0.3, 0.4) is 0 Å². The van der Waals surface area contributed by atoms with Gasteiger partial charge in [-0.1, -0.05) is 11.6 Å². The Labute approximate surface area is 185 Å². The molecule has 0 atom stereocenters. The van der Waals surface area contributed by atoms with Crippen molar-refractivity contribution >= 4 is 21.6 Å². The molecule has 0 aliphatic heterocycles. The number of rotatable bonds is 7. The van der Waals surface area contributed by atoms with Crippen LogP contribution in [0, 0.1) is 13.8 Å². The summed E-state index contributed by atoms with van der Waals surface area (Å²) in [6.45, 7) is 3.73. The van der Waals surface area contributed by atoms with Gasteiger partial charge in [0.1, 0.15) is 17.2 Å². The lowest BCUT2D eigenvalue weighted by Crippen LogP contribution is -2.27. The highest BCUT2D eigenvalue weighted by molar-refractivity contribution is 7.89. The van der Waals surface area contributed by atoms with E-state index in [0.29, 0.717) is 33.8 Å². The molecule has 4 aromatic rings. The Morgan fingerprint density at radius 3 is 2.58 bits per heavy atom. The van der Waals surface area contributed by atoms with Crippen LogP contribution in [0.1, 0.15) is 23.0 Å². The van der Waals surface area contributed by atoms with Gasteiger partial charge in [0.05, 0.1) is 30.4 Å². The molecule has 8 nitrogen and oxygen atoms in total. The first-order valence-corrected chi connectivity index (χ1v) is 11.3. The van der Waals surface area contributed by atoms with E-state index >= 15 is 0 Å². The second-order valence-corrected chi connectivity index (χ2v) is 9.54. The van der Waals surface area contributed by atoms with Crippen LogP contribution in [0.5, 0.6) is 0 Å². The first kappa shape index (κ1) is 21.4. The topological polar surface area (TPSA) is 94.4 Å². The summed E-state index contributed by atoms with van der Waals surface area (Å²) < 4.78 is 40.3. The zero-order valence-electron chi connectivity index (χ0n) is 17.2. The Balaban J connectivity index is 1.58. The lowest BCUT2D eigenvalue weighted by Gasteiger charge is -2.16. The van der Waals surface area contributed by atoms with Crippen LogP contribution in [0.4, 0.5) is 0 Å². The quantitative estimate of drug-likeness (QED) is 0.408. The molecule has 0 amide bonds. The number of hydrogen-bond acceptors (Lipinski definition) is 6. The predicted molar refractivity (Wildman–Crippen MR) is 115 cm³/mol. The van der Waals surface area contributed by atoms with Crippen molar-refractivity contribution in [3.8, 4) is 11.3 Å². The van der Waals surface area contributed by atoms with Crippen LogP contribution in [-0.2, 0) is 23.1 Å². The average molecular weight is 461 g/mol. The number of halogens is 1. The Hall–Kier alpha value is -2.88. The van der Waals surface area contributed by atoms with Crippen LogP contribution < -0.4 is 0 Å². The highest BCUT2D eigenvalue weighted by atomic mass is 35.5. The number of sulfonamides is 1. The maximum Gasteiger partial charge on any atom is 0.246 e. The molecule has 0 N–H and O–H groups in total. The van der Waals surface area contributed by atoms with Gasteiger partial charge in [-0.2, -0.15) is 9.40 Å². The molecule has 10 heteroatoms. The molecule has 3 aromatic heterocycles. The van der Waals surface area contributed by atoms with Gasteiger partial charge in [0.2, 0.25) is 15.9 Å². The van der Waals surface area contributed by atoms with E-state index in [1.807, 2.05) is 12.1 Å². The third-order valence-corrected chi connectivity index (χ3v) is 7.22. The van der Waals surface area contributed by atoms with Crippen molar-refractivity contribution in [1.29, 1.82) is 0 Å². The summed E-state index contributed by atoms with van der Waals surface area (Å²) in [5, 5.41) is 5.05. The highest BCUT2D eigenvalue weighted by Crippen LogP contribution is 2.26. The van der Waals surface area contributed by atoms with E-state index in [-0.39, 0.29) is 18.0 Å². The molecule has 0 spiro atoms. The monoisotopic (exact) mass is 460 g/mol. The fraction of sp³-hybridized carbons (Fsp3) is 0.238. The SMILES string of the molecule is Cc1nn(Cc2ncc(-c3ccc(Cl)cc3)o2)c(C)c1S(=O)(=O)N(C)Cc1ccco1. The molecule has 0 radical (unpaired) electrons. The smallest absolute Gasteiger partial charge is 0.246 e. The predicted octanol–water partition coefficient (Wildman–Crippen LogP) is 4.27. The van der Waals surface area contributed by atoms with Crippen LogP contribution in [0.15, 0.2) is 62.6 Å². The van der Waals surface area contributed by atoms with Gasteiger partial charge in [0.15, 0.2) is 5.76 Å². The molecule has 0 unspecified atom stereocenters. The number of benzene rings is 1. The summed E-state index contributed by atoms with van der Waals surface area (Å²) in [5.74, 6) is 1.57. The van der Waals surface area contributed by atoms with Crippen molar-refractivity contribution in [1.82, 2.24) is 19.1 Å². The van der Waals surface area contributed by atoms with Crippen LogP contribution >= 0.6 is 11.6 Å². The first-order chi connectivity index (χ1) is 14.8. The van der Waals surface area contributed by atoms with Crippen LogP contribution in [-0.4, -0.2) is 34.5 Å². The largest absolute Gasteiger partial charge is 0.468 e. The molecule has 0 aliphatic rings. The minimum atomic E-state index is -3.76. The molecule has 0 aliphatic carbocycles. The molecular formula is C21H21ClN4O4S. The van der Waals surface area contributed by atoms with Gasteiger partial charge in [0.25, 0.3) is 0 Å². The summed E-state index contributed by atoms with van der Waals surface area (Å²) >= 11 is 5.93. The van der Waals surface area contributed by atoms with E-state index < -0.39 is 10.0 Å². The number of aryl methyl sites for hydroxylation is 1. The maximum atomic E-state index is 13.2. The van der Waals surface area contributed by atoms with Crippen molar-refractivity contribution in [3.05, 3.63) is 76.9 Å². The van der Waals surface area contributed by atoms with Crippen molar-refractivity contribution in [3.63, 3.8) is 0 Å². The second-order valence-electron chi connectivity index (χ2n) is 7.12. The van der Waals surface area contributed by atoms with Gasteiger partial charge in [-0.3, -0.25) is 4.68 Å². The molecule has 0 saturated heterocycles. The molecule has 31 heavy (non-hydrogen) atoms. The summed E-state index contributed by atoms with van der Waals surface area (Å²) in [6, 6.07) is 10.7. The van der Waals surface area contributed by atoms with Crippen molar-refractivity contribution in [2.75, 3.05) is 7.05 Å². The van der Waals surface area contributed by atoms with Gasteiger partial charge >= 0.3 is 0 Å². The van der Waals surface area contributed by atoms with E-state index in [1.165, 1.54) is 17.6 Å². The molecule has 3 heterocycles. The zero-order chi connectivity index (χ0) is 22.2. The zero-order valence-corrected chi connectivity index (χ0v) is 18.8. The lowest BCUT2D eigenvalue weighted by molar-refractivity contribution is 0.405. The van der Waals surface area contributed by atoms with Gasteiger partial charge in [0, 0.05) is 17.6 Å². The van der Waals surface area contributed by atoms with Gasteiger partial charge in [-0.25, -0.2) is 13.4 Å². The van der Waals surface area contributed by atoms with E-state index in [0.717, 1.165) is 5.56 Å². The summed E-state index contributed by atoms with van der Waals surface area (Å²) in [7, 11) is -2.25. The maximum absolute atomic E-state index is 13.2. The van der Waals surface area contributed by atoms with Gasteiger partial charge in [-0.15, -0.1) is 0 Å².